The average molecular weight is 361 g/mol. The smallest absolute Gasteiger partial charge is 0.192 e. The molecule has 0 aromatic heterocycles. The van der Waals surface area contributed by atoms with Crippen LogP contribution in [-0.2, 0) is 20.5 Å². The van der Waals surface area contributed by atoms with Crippen molar-refractivity contribution in [1.29, 1.82) is 0 Å². The van der Waals surface area contributed by atoms with Crippen molar-refractivity contribution in [3.63, 3.8) is 0 Å². The van der Waals surface area contributed by atoms with E-state index in [9.17, 15) is 0 Å². The highest BCUT2D eigenvalue weighted by Crippen LogP contribution is 2.39. The summed E-state index contributed by atoms with van der Waals surface area (Å²) in [5.41, 5.74) is 2.21. The Morgan fingerprint density at radius 2 is 1.92 bits per heavy atom. The molecule has 2 rings (SSSR count). The van der Waals surface area contributed by atoms with E-state index < -0.39 is 8.32 Å². The summed E-state index contributed by atoms with van der Waals surface area (Å²) >= 11 is 0. The average Bonchev–Trinajstić information content (AvgIpc) is 2.55. The van der Waals surface area contributed by atoms with Crippen LogP contribution in [0.15, 0.2) is 54.8 Å². The zero-order chi connectivity index (χ0) is 18.5. The summed E-state index contributed by atoms with van der Waals surface area (Å²) in [5, 5.41) is 0.177. The first-order chi connectivity index (χ1) is 11.7. The highest BCUT2D eigenvalue weighted by Gasteiger charge is 2.40. The molecule has 4 heteroatoms. The lowest BCUT2D eigenvalue weighted by atomic mass is 10.0. The number of hydrogen-bond donors (Lipinski definition) is 0. The molecular weight excluding hydrogens is 328 g/mol. The molecule has 25 heavy (non-hydrogen) atoms. The summed E-state index contributed by atoms with van der Waals surface area (Å²) in [6.45, 7) is 16.4. The van der Waals surface area contributed by atoms with Crippen LogP contribution in [0.1, 0.15) is 32.8 Å². The number of rotatable bonds is 7. The maximum absolute atomic E-state index is 6.61. The van der Waals surface area contributed by atoms with Gasteiger partial charge in [0.05, 0.1) is 25.6 Å². The lowest BCUT2D eigenvalue weighted by Gasteiger charge is -2.41. The quantitative estimate of drug-likeness (QED) is 0.605. The van der Waals surface area contributed by atoms with Crippen LogP contribution in [0.3, 0.4) is 0 Å². The summed E-state index contributed by atoms with van der Waals surface area (Å²) in [5.74, 6) is 0. The molecule has 2 atom stereocenters. The summed E-state index contributed by atoms with van der Waals surface area (Å²) in [4.78, 5) is 0. The fourth-order valence-electron chi connectivity index (χ4n) is 2.50. The lowest BCUT2D eigenvalue weighted by Crippen LogP contribution is -2.46. The van der Waals surface area contributed by atoms with E-state index in [1.807, 2.05) is 24.3 Å². The monoisotopic (exact) mass is 360 g/mol. The van der Waals surface area contributed by atoms with Crippen molar-refractivity contribution in [2.45, 2.75) is 64.1 Å². The minimum atomic E-state index is -1.85. The van der Waals surface area contributed by atoms with E-state index in [0.717, 1.165) is 12.0 Å². The molecule has 138 valence electrons. The Morgan fingerprint density at radius 3 is 2.52 bits per heavy atom. The van der Waals surface area contributed by atoms with Crippen molar-refractivity contribution in [3.8, 4) is 0 Å². The van der Waals surface area contributed by atoms with Gasteiger partial charge in [-0.05, 0) is 23.7 Å². The third-order valence-corrected chi connectivity index (χ3v) is 9.63. The Hall–Kier alpha value is -1.36. The first kappa shape index (κ1) is 20.0. The van der Waals surface area contributed by atoms with Crippen LogP contribution in [0, 0.1) is 0 Å². The van der Waals surface area contributed by atoms with Crippen molar-refractivity contribution in [2.24, 2.45) is 0 Å². The molecule has 0 fully saturated rings. The molecule has 1 aliphatic heterocycles. The lowest BCUT2D eigenvalue weighted by molar-refractivity contribution is -0.0118. The number of hydrogen-bond acceptors (Lipinski definition) is 3. The SMILES string of the molecule is C=CC1=COC(COCc2ccccc2)C[C@H]1O[Si](C)(C)C(C)(C)C. The van der Waals surface area contributed by atoms with Gasteiger partial charge in [-0.3, -0.25) is 0 Å². The van der Waals surface area contributed by atoms with Gasteiger partial charge in [0.2, 0.25) is 0 Å². The highest BCUT2D eigenvalue weighted by molar-refractivity contribution is 6.74. The van der Waals surface area contributed by atoms with Crippen LogP contribution in [-0.4, -0.2) is 27.1 Å². The Morgan fingerprint density at radius 1 is 1.24 bits per heavy atom. The van der Waals surface area contributed by atoms with Gasteiger partial charge in [-0.25, -0.2) is 0 Å². The van der Waals surface area contributed by atoms with Gasteiger partial charge < -0.3 is 13.9 Å². The maximum Gasteiger partial charge on any atom is 0.192 e. The van der Waals surface area contributed by atoms with Gasteiger partial charge in [-0.1, -0.05) is 63.8 Å². The van der Waals surface area contributed by atoms with E-state index >= 15 is 0 Å². The summed E-state index contributed by atoms with van der Waals surface area (Å²) < 4.78 is 18.3. The molecule has 0 saturated carbocycles. The van der Waals surface area contributed by atoms with Crippen LogP contribution in [0.2, 0.25) is 18.1 Å². The Labute approximate surface area is 153 Å². The van der Waals surface area contributed by atoms with E-state index in [-0.39, 0.29) is 17.2 Å². The fourth-order valence-corrected chi connectivity index (χ4v) is 3.80. The van der Waals surface area contributed by atoms with E-state index in [2.05, 4.69) is 52.6 Å². The second kappa shape index (κ2) is 8.34. The Kier molecular flexibility index (Phi) is 6.66. The number of ether oxygens (including phenoxy) is 2. The normalized spacial score (nSPS) is 21.4. The Balaban J connectivity index is 1.93. The molecule has 1 aromatic rings. The molecule has 0 aliphatic carbocycles. The molecule has 0 bridgehead atoms. The van der Waals surface area contributed by atoms with Crippen molar-refractivity contribution in [3.05, 3.63) is 60.4 Å². The van der Waals surface area contributed by atoms with Gasteiger partial charge in [-0.15, -0.1) is 0 Å². The molecule has 1 heterocycles. The minimum absolute atomic E-state index is 0.0159. The van der Waals surface area contributed by atoms with Crippen LogP contribution in [0.25, 0.3) is 0 Å². The van der Waals surface area contributed by atoms with Gasteiger partial charge >= 0.3 is 0 Å². The van der Waals surface area contributed by atoms with E-state index in [1.54, 1.807) is 6.26 Å². The second-order valence-corrected chi connectivity index (χ2v) is 12.9. The molecular formula is C21H32O3Si. The maximum atomic E-state index is 6.61. The second-order valence-electron chi connectivity index (χ2n) is 8.18. The van der Waals surface area contributed by atoms with E-state index in [4.69, 9.17) is 13.9 Å². The number of benzene rings is 1. The molecule has 0 spiro atoms. The standard InChI is InChI=1S/C21H32O3Si/c1-7-18-15-23-19(16-22-14-17-11-9-8-10-12-17)13-20(18)24-25(5,6)21(2,3)4/h7-12,15,19-20H,1,13-14,16H2,2-6H3/t19?,20-/m1/s1. The van der Waals surface area contributed by atoms with Gasteiger partial charge in [0, 0.05) is 12.0 Å². The van der Waals surface area contributed by atoms with Gasteiger partial charge in [0.25, 0.3) is 0 Å². The zero-order valence-corrected chi connectivity index (χ0v) is 17.2. The van der Waals surface area contributed by atoms with E-state index in [0.29, 0.717) is 13.2 Å². The predicted octanol–water partition coefficient (Wildman–Crippen LogP) is 5.45. The minimum Gasteiger partial charge on any atom is -0.495 e. The molecule has 1 unspecified atom stereocenters. The molecule has 0 amide bonds. The third kappa shape index (κ3) is 5.56. The van der Waals surface area contributed by atoms with Crippen LogP contribution < -0.4 is 0 Å². The van der Waals surface area contributed by atoms with Crippen LogP contribution in [0.4, 0.5) is 0 Å². The van der Waals surface area contributed by atoms with Crippen LogP contribution in [0.5, 0.6) is 0 Å². The van der Waals surface area contributed by atoms with Crippen LogP contribution >= 0.6 is 0 Å². The fraction of sp³-hybridized carbons (Fsp3) is 0.524. The molecule has 0 radical (unpaired) electrons. The summed E-state index contributed by atoms with van der Waals surface area (Å²) in [7, 11) is -1.85. The van der Waals surface area contributed by atoms with Crippen molar-refractivity contribution >= 4 is 8.32 Å². The van der Waals surface area contributed by atoms with Crippen molar-refractivity contribution < 1.29 is 13.9 Å². The van der Waals surface area contributed by atoms with Crippen molar-refractivity contribution in [2.75, 3.05) is 6.61 Å². The highest BCUT2D eigenvalue weighted by atomic mass is 28.4. The van der Waals surface area contributed by atoms with Crippen molar-refractivity contribution in [1.82, 2.24) is 0 Å². The molecule has 0 saturated heterocycles. The molecule has 1 aromatic carbocycles. The first-order valence-corrected chi connectivity index (χ1v) is 11.9. The summed E-state index contributed by atoms with van der Waals surface area (Å²) in [6, 6.07) is 10.2. The largest absolute Gasteiger partial charge is 0.495 e. The van der Waals surface area contributed by atoms with E-state index in [1.165, 1.54) is 5.56 Å². The molecule has 3 nitrogen and oxygen atoms in total. The molecule has 1 aliphatic rings. The summed E-state index contributed by atoms with van der Waals surface area (Å²) in [6.07, 6.45) is 4.50. The molecule has 0 N–H and O–H groups in total. The topological polar surface area (TPSA) is 27.7 Å². The van der Waals surface area contributed by atoms with Gasteiger partial charge in [-0.2, -0.15) is 0 Å². The predicted molar refractivity (Wildman–Crippen MR) is 106 cm³/mol. The third-order valence-electron chi connectivity index (χ3n) is 5.14. The van der Waals surface area contributed by atoms with Gasteiger partial charge in [0.15, 0.2) is 8.32 Å². The first-order valence-electron chi connectivity index (χ1n) is 9.00. The zero-order valence-electron chi connectivity index (χ0n) is 16.2. The van der Waals surface area contributed by atoms with Gasteiger partial charge in [0.1, 0.15) is 6.10 Å². The Bertz CT molecular complexity index is 587.